The van der Waals surface area contributed by atoms with Gasteiger partial charge in [0.2, 0.25) is 21.8 Å². The highest BCUT2D eigenvalue weighted by atomic mass is 32.2. The van der Waals surface area contributed by atoms with Gasteiger partial charge in [0.05, 0.1) is 17.9 Å². The Kier molecular flexibility index (Phi) is 8.18. The number of likely N-dealkylation sites (tertiary alicyclic amines) is 1. The van der Waals surface area contributed by atoms with Gasteiger partial charge in [-0.25, -0.2) is 8.42 Å². The van der Waals surface area contributed by atoms with E-state index in [0.29, 0.717) is 12.1 Å². The van der Waals surface area contributed by atoms with Crippen LogP contribution in [0.4, 0.5) is 5.69 Å². The fourth-order valence-electron chi connectivity index (χ4n) is 4.19. The number of aryl methyl sites for hydroxylation is 1. The monoisotopic (exact) mass is 505 g/mol. The van der Waals surface area contributed by atoms with Gasteiger partial charge in [-0.1, -0.05) is 60.2 Å². The molecule has 1 aliphatic rings. The molecular weight excluding hydrogens is 474 g/mol. The number of hydrogen-bond acceptors (Lipinski definition) is 4. The van der Waals surface area contributed by atoms with Crippen LogP contribution < -0.4 is 5.32 Å². The van der Waals surface area contributed by atoms with Crippen LogP contribution in [0.1, 0.15) is 29.5 Å². The summed E-state index contributed by atoms with van der Waals surface area (Å²) in [5.41, 5.74) is 3.15. The minimum atomic E-state index is -3.90. The number of carbonyl (C=O) groups is 2. The molecule has 1 aliphatic heterocycles. The number of rotatable bonds is 9. The number of carbonyl (C=O) groups excluding carboxylic acids is 2. The van der Waals surface area contributed by atoms with E-state index in [1.807, 2.05) is 54.3 Å². The van der Waals surface area contributed by atoms with Gasteiger partial charge in [0, 0.05) is 25.3 Å². The lowest BCUT2D eigenvalue weighted by Crippen LogP contribution is -2.37. The second-order valence-corrected chi connectivity index (χ2v) is 11.0. The molecule has 0 atom stereocenters. The molecule has 188 valence electrons. The smallest absolute Gasteiger partial charge is 0.243 e. The molecule has 4 rings (SSSR count). The molecule has 1 fully saturated rings. The maximum absolute atomic E-state index is 13.4. The van der Waals surface area contributed by atoms with Gasteiger partial charge < -0.3 is 10.2 Å². The molecule has 0 aliphatic carbocycles. The SMILES string of the molecule is Cc1ccc(S(=O)(=O)N(CC(=O)Nc2ccc(CC(=O)N3CCCC3)cc2)Cc2ccccc2)cc1. The molecule has 3 aromatic rings. The Balaban J connectivity index is 1.44. The molecule has 0 spiro atoms. The van der Waals surface area contributed by atoms with Gasteiger partial charge in [-0.15, -0.1) is 0 Å². The Morgan fingerprint density at radius 1 is 0.861 bits per heavy atom. The van der Waals surface area contributed by atoms with Gasteiger partial charge in [0.1, 0.15) is 0 Å². The molecule has 1 saturated heterocycles. The van der Waals surface area contributed by atoms with E-state index in [2.05, 4.69) is 5.32 Å². The van der Waals surface area contributed by atoms with Gasteiger partial charge in [-0.05, 0) is 55.2 Å². The summed E-state index contributed by atoms with van der Waals surface area (Å²) in [4.78, 5) is 27.3. The number of hydrogen-bond donors (Lipinski definition) is 1. The molecule has 0 aromatic heterocycles. The highest BCUT2D eigenvalue weighted by Gasteiger charge is 2.27. The second-order valence-electron chi connectivity index (χ2n) is 9.08. The largest absolute Gasteiger partial charge is 0.342 e. The van der Waals surface area contributed by atoms with Crippen molar-refractivity contribution in [1.82, 2.24) is 9.21 Å². The fraction of sp³-hybridized carbons (Fsp3) is 0.286. The summed E-state index contributed by atoms with van der Waals surface area (Å²) in [5, 5.41) is 2.79. The van der Waals surface area contributed by atoms with Crippen LogP contribution in [-0.4, -0.2) is 49.1 Å². The van der Waals surface area contributed by atoms with Crippen molar-refractivity contribution in [1.29, 1.82) is 0 Å². The van der Waals surface area contributed by atoms with Crippen LogP contribution in [-0.2, 0) is 32.6 Å². The predicted octanol–water partition coefficient (Wildman–Crippen LogP) is 3.99. The Morgan fingerprint density at radius 3 is 2.14 bits per heavy atom. The summed E-state index contributed by atoms with van der Waals surface area (Å²) in [6, 6.07) is 22.9. The van der Waals surface area contributed by atoms with Gasteiger partial charge in [0.15, 0.2) is 0 Å². The number of nitrogens with one attached hydrogen (secondary N) is 1. The first-order valence-corrected chi connectivity index (χ1v) is 13.5. The highest BCUT2D eigenvalue weighted by Crippen LogP contribution is 2.20. The molecule has 0 radical (unpaired) electrons. The van der Waals surface area contributed by atoms with Crippen molar-refractivity contribution in [2.45, 2.75) is 37.6 Å². The molecule has 3 aromatic carbocycles. The second kappa shape index (κ2) is 11.5. The molecule has 8 heteroatoms. The maximum atomic E-state index is 13.4. The van der Waals surface area contributed by atoms with E-state index < -0.39 is 15.9 Å². The lowest BCUT2D eigenvalue weighted by atomic mass is 10.1. The molecular formula is C28H31N3O4S. The van der Waals surface area contributed by atoms with Crippen LogP contribution >= 0.6 is 0 Å². The predicted molar refractivity (Wildman–Crippen MR) is 140 cm³/mol. The van der Waals surface area contributed by atoms with Crippen LogP contribution in [0.15, 0.2) is 83.8 Å². The van der Waals surface area contributed by atoms with Crippen LogP contribution in [0, 0.1) is 6.92 Å². The summed E-state index contributed by atoms with van der Waals surface area (Å²) in [6.07, 6.45) is 2.43. The average Bonchev–Trinajstić information content (AvgIpc) is 3.41. The molecule has 1 N–H and O–H groups in total. The van der Waals surface area contributed by atoms with Crippen molar-refractivity contribution in [2.75, 3.05) is 25.0 Å². The third kappa shape index (κ3) is 6.59. The lowest BCUT2D eigenvalue weighted by Gasteiger charge is -2.22. The number of anilines is 1. The van der Waals surface area contributed by atoms with Crippen molar-refractivity contribution in [2.24, 2.45) is 0 Å². The van der Waals surface area contributed by atoms with E-state index in [9.17, 15) is 18.0 Å². The Bertz CT molecular complexity index is 1280. The number of sulfonamides is 1. The first kappa shape index (κ1) is 25.6. The zero-order valence-corrected chi connectivity index (χ0v) is 21.2. The van der Waals surface area contributed by atoms with Gasteiger partial charge in [0.25, 0.3) is 0 Å². The zero-order chi connectivity index (χ0) is 25.5. The number of nitrogens with zero attached hydrogens (tertiary/aromatic N) is 2. The van der Waals surface area contributed by atoms with Gasteiger partial charge in [-0.3, -0.25) is 9.59 Å². The highest BCUT2D eigenvalue weighted by molar-refractivity contribution is 7.89. The Hall–Kier alpha value is -3.49. The van der Waals surface area contributed by atoms with E-state index in [1.165, 1.54) is 4.31 Å². The summed E-state index contributed by atoms with van der Waals surface area (Å²) in [6.45, 7) is 3.26. The fourth-order valence-corrected chi connectivity index (χ4v) is 5.58. The minimum Gasteiger partial charge on any atom is -0.342 e. The van der Waals surface area contributed by atoms with E-state index in [-0.39, 0.29) is 23.9 Å². The van der Waals surface area contributed by atoms with Crippen molar-refractivity contribution >= 4 is 27.5 Å². The molecule has 0 bridgehead atoms. The summed E-state index contributed by atoms with van der Waals surface area (Å²) < 4.78 is 28.0. The van der Waals surface area contributed by atoms with Crippen LogP contribution in [0.3, 0.4) is 0 Å². The maximum Gasteiger partial charge on any atom is 0.243 e. The number of benzene rings is 3. The van der Waals surface area contributed by atoms with Crippen LogP contribution in [0.5, 0.6) is 0 Å². The number of amides is 2. The average molecular weight is 506 g/mol. The molecule has 1 heterocycles. The lowest BCUT2D eigenvalue weighted by molar-refractivity contribution is -0.129. The summed E-state index contributed by atoms with van der Waals surface area (Å²) in [7, 11) is -3.90. The normalized spacial score (nSPS) is 13.7. The standard InChI is InChI=1S/C28H31N3O4S/c1-22-9-15-26(16-10-22)36(34,35)31(20-24-7-3-2-4-8-24)21-27(32)29-25-13-11-23(12-14-25)19-28(33)30-17-5-6-18-30/h2-4,7-16H,5-6,17-21H2,1H3,(H,29,32). The van der Waals surface area contributed by atoms with E-state index >= 15 is 0 Å². The first-order chi connectivity index (χ1) is 17.3. The minimum absolute atomic E-state index is 0.0714. The first-order valence-electron chi connectivity index (χ1n) is 12.1. The van der Waals surface area contributed by atoms with Crippen molar-refractivity contribution < 1.29 is 18.0 Å². The van der Waals surface area contributed by atoms with Crippen molar-refractivity contribution in [3.8, 4) is 0 Å². The Labute approximate surface area is 212 Å². The molecule has 0 saturated carbocycles. The Morgan fingerprint density at radius 2 is 1.50 bits per heavy atom. The summed E-state index contributed by atoms with van der Waals surface area (Å²) in [5.74, 6) is -0.329. The topological polar surface area (TPSA) is 86.8 Å². The quantitative estimate of drug-likeness (QED) is 0.476. The van der Waals surface area contributed by atoms with Gasteiger partial charge >= 0.3 is 0 Å². The molecule has 2 amide bonds. The van der Waals surface area contributed by atoms with E-state index in [1.54, 1.807) is 36.4 Å². The van der Waals surface area contributed by atoms with Crippen LogP contribution in [0.2, 0.25) is 0 Å². The molecule has 0 unspecified atom stereocenters. The van der Waals surface area contributed by atoms with Crippen molar-refractivity contribution in [3.63, 3.8) is 0 Å². The van der Waals surface area contributed by atoms with Gasteiger partial charge in [-0.2, -0.15) is 4.31 Å². The van der Waals surface area contributed by atoms with E-state index in [4.69, 9.17) is 0 Å². The third-order valence-electron chi connectivity index (χ3n) is 6.23. The zero-order valence-electron chi connectivity index (χ0n) is 20.4. The van der Waals surface area contributed by atoms with Crippen molar-refractivity contribution in [3.05, 3.63) is 95.6 Å². The third-order valence-corrected chi connectivity index (χ3v) is 8.04. The summed E-state index contributed by atoms with van der Waals surface area (Å²) >= 11 is 0. The molecule has 36 heavy (non-hydrogen) atoms. The van der Waals surface area contributed by atoms with Crippen LogP contribution in [0.25, 0.3) is 0 Å². The van der Waals surface area contributed by atoms with E-state index in [0.717, 1.165) is 42.6 Å². The molecule has 7 nitrogen and oxygen atoms in total.